The summed E-state index contributed by atoms with van der Waals surface area (Å²) in [5, 5.41) is 4.26. The van der Waals surface area contributed by atoms with Crippen molar-refractivity contribution >= 4 is 23.1 Å². The van der Waals surface area contributed by atoms with Crippen molar-refractivity contribution in [2.24, 2.45) is 0 Å². The second-order valence-electron chi connectivity index (χ2n) is 3.01. The highest BCUT2D eigenvalue weighted by atomic mass is 32.2. The average Bonchev–Trinajstić information content (AvgIpc) is 2.88. The maximum Gasteiger partial charge on any atom is 0.0901 e. The van der Waals surface area contributed by atoms with Gasteiger partial charge in [-0.2, -0.15) is 11.3 Å². The molecule has 100 valence electrons. The van der Waals surface area contributed by atoms with E-state index in [0.717, 1.165) is 19.0 Å². The molecule has 0 saturated carbocycles. The molecule has 1 unspecified atom stereocenters. The van der Waals surface area contributed by atoms with Crippen LogP contribution < -0.4 is 0 Å². The Bertz CT molecular complexity index is 238. The molecule has 0 amide bonds. The molecule has 17 heavy (non-hydrogen) atoms. The van der Waals surface area contributed by atoms with Gasteiger partial charge in [-0.1, -0.05) is 13.8 Å². The number of thiophene rings is 1. The maximum atomic E-state index is 5.60. The monoisotopic (exact) mass is 276 g/mol. The van der Waals surface area contributed by atoms with Crippen LogP contribution in [-0.2, 0) is 9.47 Å². The van der Waals surface area contributed by atoms with Crippen molar-refractivity contribution in [3.63, 3.8) is 0 Å². The van der Waals surface area contributed by atoms with Crippen LogP contribution in [0.2, 0.25) is 0 Å². The topological polar surface area (TPSA) is 18.5 Å². The third-order valence-electron chi connectivity index (χ3n) is 1.84. The summed E-state index contributed by atoms with van der Waals surface area (Å²) in [5.74, 6) is 0.963. The zero-order valence-electron chi connectivity index (χ0n) is 11.3. The molecule has 1 atom stereocenters. The second kappa shape index (κ2) is 12.4. The molecule has 1 aromatic rings. The van der Waals surface area contributed by atoms with Crippen LogP contribution in [0.4, 0.5) is 0 Å². The number of rotatable bonds is 8. The van der Waals surface area contributed by atoms with Crippen LogP contribution in [-0.4, -0.2) is 31.7 Å². The first-order valence-electron chi connectivity index (χ1n) is 6.21. The summed E-state index contributed by atoms with van der Waals surface area (Å²) in [7, 11) is 0. The van der Waals surface area contributed by atoms with Crippen LogP contribution in [0.15, 0.2) is 21.7 Å². The first-order chi connectivity index (χ1) is 8.36. The minimum atomic E-state index is 0.208. The fourth-order valence-electron chi connectivity index (χ4n) is 1.15. The Morgan fingerprint density at radius 1 is 1.29 bits per heavy atom. The van der Waals surface area contributed by atoms with Crippen molar-refractivity contribution in [2.45, 2.75) is 38.7 Å². The largest absolute Gasteiger partial charge is 0.379 e. The van der Waals surface area contributed by atoms with E-state index in [2.05, 4.69) is 16.8 Å². The van der Waals surface area contributed by atoms with E-state index in [1.165, 1.54) is 4.90 Å². The van der Waals surface area contributed by atoms with E-state index in [4.69, 9.17) is 9.47 Å². The molecule has 0 saturated heterocycles. The predicted molar refractivity (Wildman–Crippen MR) is 78.3 cm³/mol. The minimum absolute atomic E-state index is 0.208. The summed E-state index contributed by atoms with van der Waals surface area (Å²) in [6.45, 7) is 10.2. The molecule has 0 aliphatic carbocycles. The van der Waals surface area contributed by atoms with E-state index in [1.807, 2.05) is 39.5 Å². The predicted octanol–water partition coefficient (Wildman–Crippen LogP) is 4.31. The fraction of sp³-hybridized carbons (Fsp3) is 0.692. The molecule has 2 nitrogen and oxygen atoms in total. The smallest absolute Gasteiger partial charge is 0.0901 e. The summed E-state index contributed by atoms with van der Waals surface area (Å²) >= 11 is 3.56. The van der Waals surface area contributed by atoms with Gasteiger partial charge in [0, 0.05) is 29.2 Å². The summed E-state index contributed by atoms with van der Waals surface area (Å²) in [6, 6.07) is 2.14. The van der Waals surface area contributed by atoms with Gasteiger partial charge in [0.1, 0.15) is 0 Å². The van der Waals surface area contributed by atoms with Crippen LogP contribution in [0.5, 0.6) is 0 Å². The van der Waals surface area contributed by atoms with E-state index >= 15 is 0 Å². The van der Waals surface area contributed by atoms with Crippen LogP contribution in [0.25, 0.3) is 0 Å². The molecule has 1 rings (SSSR count). The van der Waals surface area contributed by atoms with Crippen LogP contribution in [0.3, 0.4) is 0 Å². The molecule has 0 aliphatic rings. The Labute approximate surface area is 114 Å². The normalized spacial score (nSPS) is 11.8. The first kappa shape index (κ1) is 17.0. The highest BCUT2D eigenvalue weighted by molar-refractivity contribution is 7.99. The Kier molecular flexibility index (Phi) is 12.4. The molecular formula is C13H24O2S2. The van der Waals surface area contributed by atoms with Crippen molar-refractivity contribution in [1.29, 1.82) is 0 Å². The van der Waals surface area contributed by atoms with E-state index in [1.54, 1.807) is 11.3 Å². The molecule has 4 heteroatoms. The summed E-state index contributed by atoms with van der Waals surface area (Å²) in [6.07, 6.45) is 0.208. The highest BCUT2D eigenvalue weighted by Gasteiger charge is 2.09. The Morgan fingerprint density at radius 3 is 2.59 bits per heavy atom. The highest BCUT2D eigenvalue weighted by Crippen LogP contribution is 2.22. The van der Waals surface area contributed by atoms with Gasteiger partial charge in [0.25, 0.3) is 0 Å². The first-order valence-corrected chi connectivity index (χ1v) is 8.14. The average molecular weight is 276 g/mol. The zero-order chi connectivity index (χ0) is 12.9. The lowest BCUT2D eigenvalue weighted by Gasteiger charge is -2.15. The number of hydrogen-bond acceptors (Lipinski definition) is 4. The molecular weight excluding hydrogens is 252 g/mol. The van der Waals surface area contributed by atoms with E-state index in [9.17, 15) is 0 Å². The van der Waals surface area contributed by atoms with Crippen LogP contribution >= 0.6 is 23.1 Å². The Balaban J connectivity index is 0.00000121. The molecule has 0 N–H and O–H groups in total. The van der Waals surface area contributed by atoms with Gasteiger partial charge in [0.2, 0.25) is 0 Å². The van der Waals surface area contributed by atoms with Crippen LogP contribution in [0.1, 0.15) is 27.7 Å². The summed E-state index contributed by atoms with van der Waals surface area (Å²) in [4.78, 5) is 1.32. The standard InChI is InChI=1S/C11H18O2S2.C2H6/c1-3-12-7-10(13-4-2)8-15-11-5-6-14-9-11;1-2/h5-6,9-10H,3-4,7-8H2,1-2H3;1-2H3. The van der Waals surface area contributed by atoms with E-state index < -0.39 is 0 Å². The number of thioether (sulfide) groups is 1. The van der Waals surface area contributed by atoms with Crippen molar-refractivity contribution in [3.8, 4) is 0 Å². The molecule has 0 fully saturated rings. The van der Waals surface area contributed by atoms with Gasteiger partial charge in [-0.3, -0.25) is 0 Å². The van der Waals surface area contributed by atoms with Gasteiger partial charge in [0.15, 0.2) is 0 Å². The molecule has 0 spiro atoms. The third kappa shape index (κ3) is 8.66. The molecule has 0 aromatic carbocycles. The molecule has 0 radical (unpaired) electrons. The third-order valence-corrected chi connectivity index (χ3v) is 3.80. The van der Waals surface area contributed by atoms with Crippen molar-refractivity contribution in [2.75, 3.05) is 25.6 Å². The summed E-state index contributed by atoms with van der Waals surface area (Å²) in [5.41, 5.74) is 0. The van der Waals surface area contributed by atoms with Gasteiger partial charge >= 0.3 is 0 Å². The number of hydrogen-bond donors (Lipinski definition) is 0. The van der Waals surface area contributed by atoms with E-state index in [0.29, 0.717) is 6.61 Å². The fourth-order valence-corrected chi connectivity index (χ4v) is 2.93. The maximum absolute atomic E-state index is 5.60. The SMILES string of the molecule is CC.CCOCC(CSc1ccsc1)OCC. The lowest BCUT2D eigenvalue weighted by Crippen LogP contribution is -2.22. The molecule has 0 aliphatic heterocycles. The molecule has 1 aromatic heterocycles. The van der Waals surface area contributed by atoms with Gasteiger partial charge in [0.05, 0.1) is 12.7 Å². The van der Waals surface area contributed by atoms with Crippen molar-refractivity contribution in [1.82, 2.24) is 0 Å². The van der Waals surface area contributed by atoms with Crippen molar-refractivity contribution < 1.29 is 9.47 Å². The van der Waals surface area contributed by atoms with Gasteiger partial charge in [-0.25, -0.2) is 0 Å². The zero-order valence-corrected chi connectivity index (χ0v) is 12.9. The quantitative estimate of drug-likeness (QED) is 0.659. The van der Waals surface area contributed by atoms with Gasteiger partial charge in [-0.15, -0.1) is 11.8 Å². The Hall–Kier alpha value is -0.0300. The van der Waals surface area contributed by atoms with E-state index in [-0.39, 0.29) is 6.10 Å². The summed E-state index contributed by atoms with van der Waals surface area (Å²) < 4.78 is 11.0. The second-order valence-corrected chi connectivity index (χ2v) is 4.88. The van der Waals surface area contributed by atoms with Crippen molar-refractivity contribution in [3.05, 3.63) is 16.8 Å². The Morgan fingerprint density at radius 2 is 2.06 bits per heavy atom. The lowest BCUT2D eigenvalue weighted by atomic mass is 10.4. The lowest BCUT2D eigenvalue weighted by molar-refractivity contribution is 0.00475. The van der Waals surface area contributed by atoms with Gasteiger partial charge in [-0.05, 0) is 25.3 Å². The number of ether oxygens (including phenoxy) is 2. The molecule has 1 heterocycles. The molecule has 0 bridgehead atoms. The van der Waals surface area contributed by atoms with Gasteiger partial charge < -0.3 is 9.47 Å². The van der Waals surface area contributed by atoms with Crippen LogP contribution in [0, 0.1) is 0 Å². The minimum Gasteiger partial charge on any atom is -0.379 e.